The van der Waals surface area contributed by atoms with Crippen molar-refractivity contribution in [3.8, 4) is 5.75 Å². The summed E-state index contributed by atoms with van der Waals surface area (Å²) < 4.78 is 6.16. The van der Waals surface area contributed by atoms with E-state index in [0.717, 1.165) is 15.0 Å². The fourth-order valence-corrected chi connectivity index (χ4v) is 1.22. The van der Waals surface area contributed by atoms with E-state index >= 15 is 0 Å². The van der Waals surface area contributed by atoms with Crippen LogP contribution in [0.4, 0.5) is 0 Å². The van der Waals surface area contributed by atoms with E-state index in [2.05, 4.69) is 27.6 Å². The molecule has 0 saturated carbocycles. The maximum Gasteiger partial charge on any atom is 0.135 e. The third-order valence-corrected chi connectivity index (χ3v) is 2.56. The number of aromatic nitrogens is 1. The lowest BCUT2D eigenvalue weighted by atomic mass is 10.4. The molecule has 0 unspecified atom stereocenters. The van der Waals surface area contributed by atoms with Crippen LogP contribution in [-0.4, -0.2) is 12.1 Å². The van der Waals surface area contributed by atoms with Gasteiger partial charge in [0.25, 0.3) is 0 Å². The van der Waals surface area contributed by atoms with Crippen molar-refractivity contribution in [1.82, 2.24) is 4.98 Å². The van der Waals surface area contributed by atoms with Gasteiger partial charge in [0, 0.05) is 6.20 Å². The van der Waals surface area contributed by atoms with Crippen LogP contribution in [0.5, 0.6) is 5.75 Å². The van der Waals surface area contributed by atoms with Crippen molar-refractivity contribution in [2.75, 3.05) is 7.11 Å². The Kier molecular flexibility index (Phi) is 2.48. The van der Waals surface area contributed by atoms with Crippen molar-refractivity contribution >= 4 is 22.6 Å². The predicted molar refractivity (Wildman–Crippen MR) is 48.2 cm³/mol. The first-order chi connectivity index (χ1) is 4.75. The molecular weight excluding hydrogens is 241 g/mol. The van der Waals surface area contributed by atoms with Crippen LogP contribution in [0.1, 0.15) is 5.69 Å². The van der Waals surface area contributed by atoms with Crippen LogP contribution in [0, 0.1) is 10.5 Å². The van der Waals surface area contributed by atoms with Crippen LogP contribution in [-0.2, 0) is 0 Å². The molecule has 1 aromatic heterocycles. The minimum absolute atomic E-state index is 0.896. The lowest BCUT2D eigenvalue weighted by molar-refractivity contribution is 0.410. The molecule has 0 amide bonds. The molecule has 0 aliphatic heterocycles. The van der Waals surface area contributed by atoms with Gasteiger partial charge in [-0.25, -0.2) is 0 Å². The summed E-state index contributed by atoms with van der Waals surface area (Å²) in [6.45, 7) is 1.96. The van der Waals surface area contributed by atoms with Crippen LogP contribution in [0.15, 0.2) is 12.3 Å². The van der Waals surface area contributed by atoms with Gasteiger partial charge in [-0.1, -0.05) is 0 Å². The van der Waals surface area contributed by atoms with Crippen molar-refractivity contribution in [2.24, 2.45) is 0 Å². The third kappa shape index (κ3) is 1.39. The molecule has 1 rings (SSSR count). The molecule has 2 nitrogen and oxygen atoms in total. The average molecular weight is 249 g/mol. The van der Waals surface area contributed by atoms with Gasteiger partial charge < -0.3 is 4.74 Å². The molecule has 0 N–H and O–H groups in total. The lowest BCUT2D eigenvalue weighted by Gasteiger charge is -2.02. The predicted octanol–water partition coefficient (Wildman–Crippen LogP) is 2.00. The number of hydrogen-bond acceptors (Lipinski definition) is 2. The molecule has 0 fully saturated rings. The second-order valence-corrected chi connectivity index (χ2v) is 2.99. The van der Waals surface area contributed by atoms with E-state index in [1.54, 1.807) is 13.3 Å². The summed E-state index contributed by atoms with van der Waals surface area (Å²) in [6.07, 6.45) is 1.75. The van der Waals surface area contributed by atoms with Gasteiger partial charge >= 0.3 is 0 Å². The van der Waals surface area contributed by atoms with E-state index in [4.69, 9.17) is 4.74 Å². The van der Waals surface area contributed by atoms with Gasteiger partial charge in [0.2, 0.25) is 0 Å². The number of halogens is 1. The van der Waals surface area contributed by atoms with E-state index < -0.39 is 0 Å². The Morgan fingerprint density at radius 1 is 1.60 bits per heavy atom. The normalized spacial score (nSPS) is 9.50. The highest BCUT2D eigenvalue weighted by Crippen LogP contribution is 2.20. The number of methoxy groups -OCH3 is 1. The minimum atomic E-state index is 0.896. The zero-order valence-electron chi connectivity index (χ0n) is 5.89. The number of nitrogens with zero attached hydrogens (tertiary/aromatic N) is 1. The summed E-state index contributed by atoms with van der Waals surface area (Å²) in [7, 11) is 1.66. The number of aryl methyl sites for hydroxylation is 1. The molecule has 0 atom stereocenters. The molecule has 3 heteroatoms. The monoisotopic (exact) mass is 249 g/mol. The second-order valence-electron chi connectivity index (χ2n) is 1.91. The first-order valence-electron chi connectivity index (χ1n) is 2.91. The molecule has 0 saturated heterocycles. The standard InChI is InChI=1S/C7H8INO/c1-5-7(8)6(10-2)3-4-9-5/h3-4H,1-2H3. The van der Waals surface area contributed by atoms with Crippen molar-refractivity contribution in [2.45, 2.75) is 6.92 Å². The van der Waals surface area contributed by atoms with E-state index in [9.17, 15) is 0 Å². The summed E-state index contributed by atoms with van der Waals surface area (Å²) in [4.78, 5) is 4.10. The molecule has 1 heterocycles. The maximum absolute atomic E-state index is 5.08. The van der Waals surface area contributed by atoms with Gasteiger partial charge in [-0.15, -0.1) is 0 Å². The van der Waals surface area contributed by atoms with Crippen LogP contribution >= 0.6 is 22.6 Å². The van der Waals surface area contributed by atoms with Gasteiger partial charge in [-0.2, -0.15) is 0 Å². The number of ether oxygens (including phenoxy) is 1. The fraction of sp³-hybridized carbons (Fsp3) is 0.286. The van der Waals surface area contributed by atoms with Crippen LogP contribution < -0.4 is 4.74 Å². The van der Waals surface area contributed by atoms with E-state index in [0.29, 0.717) is 0 Å². The van der Waals surface area contributed by atoms with E-state index in [-0.39, 0.29) is 0 Å². The van der Waals surface area contributed by atoms with Crippen molar-refractivity contribution in [3.63, 3.8) is 0 Å². The second kappa shape index (κ2) is 3.18. The number of pyridine rings is 1. The molecule has 0 radical (unpaired) electrons. The molecule has 1 aromatic rings. The first-order valence-corrected chi connectivity index (χ1v) is 3.98. The molecule has 10 heavy (non-hydrogen) atoms. The molecule has 54 valence electrons. The highest BCUT2D eigenvalue weighted by Gasteiger charge is 2.00. The van der Waals surface area contributed by atoms with Crippen molar-refractivity contribution in [3.05, 3.63) is 21.5 Å². The lowest BCUT2D eigenvalue weighted by Crippen LogP contribution is -1.91. The van der Waals surface area contributed by atoms with Gasteiger partial charge in [-0.05, 0) is 35.6 Å². The number of hydrogen-bond donors (Lipinski definition) is 0. The first kappa shape index (κ1) is 7.78. The summed E-state index contributed by atoms with van der Waals surface area (Å²) in [6, 6.07) is 1.86. The average Bonchev–Trinajstić information content (AvgIpc) is 1.95. The Balaban J connectivity index is 3.14. The van der Waals surface area contributed by atoms with E-state index in [1.165, 1.54) is 0 Å². The topological polar surface area (TPSA) is 22.1 Å². The maximum atomic E-state index is 5.08. The van der Waals surface area contributed by atoms with E-state index in [1.807, 2.05) is 13.0 Å². The third-order valence-electron chi connectivity index (χ3n) is 1.25. The van der Waals surface area contributed by atoms with Gasteiger partial charge in [-0.3, -0.25) is 4.98 Å². The van der Waals surface area contributed by atoms with Crippen molar-refractivity contribution in [1.29, 1.82) is 0 Å². The largest absolute Gasteiger partial charge is 0.496 e. The molecule has 0 spiro atoms. The molecular formula is C7H8INO. The molecule has 0 aliphatic carbocycles. The van der Waals surface area contributed by atoms with Gasteiger partial charge in [0.05, 0.1) is 16.4 Å². The Labute approximate surface area is 73.8 Å². The molecule has 0 aliphatic rings. The number of rotatable bonds is 1. The highest BCUT2D eigenvalue weighted by atomic mass is 127. The Bertz CT molecular complexity index is 237. The Morgan fingerprint density at radius 3 is 2.80 bits per heavy atom. The zero-order chi connectivity index (χ0) is 7.56. The fourth-order valence-electron chi connectivity index (χ4n) is 0.683. The Hall–Kier alpha value is -0.320. The van der Waals surface area contributed by atoms with Gasteiger partial charge in [0.15, 0.2) is 0 Å². The summed E-state index contributed by atoms with van der Waals surface area (Å²) in [5.41, 5.74) is 1.01. The van der Waals surface area contributed by atoms with Crippen LogP contribution in [0.3, 0.4) is 0 Å². The van der Waals surface area contributed by atoms with Crippen LogP contribution in [0.25, 0.3) is 0 Å². The van der Waals surface area contributed by atoms with Crippen molar-refractivity contribution < 1.29 is 4.74 Å². The van der Waals surface area contributed by atoms with Crippen LogP contribution in [0.2, 0.25) is 0 Å². The Morgan fingerprint density at radius 2 is 2.30 bits per heavy atom. The quantitative estimate of drug-likeness (QED) is 0.710. The summed E-state index contributed by atoms with van der Waals surface area (Å²) in [5, 5.41) is 0. The smallest absolute Gasteiger partial charge is 0.135 e. The minimum Gasteiger partial charge on any atom is -0.496 e. The SMILES string of the molecule is COc1ccnc(C)c1I. The highest BCUT2D eigenvalue weighted by molar-refractivity contribution is 14.1. The summed E-state index contributed by atoms with van der Waals surface area (Å²) >= 11 is 2.22. The summed E-state index contributed by atoms with van der Waals surface area (Å²) in [5.74, 6) is 0.896. The molecule has 0 bridgehead atoms. The van der Waals surface area contributed by atoms with Gasteiger partial charge in [0.1, 0.15) is 5.75 Å². The zero-order valence-corrected chi connectivity index (χ0v) is 8.05. The molecule has 0 aromatic carbocycles.